The molecule has 3 aromatic carbocycles. The Morgan fingerprint density at radius 3 is 2.03 bits per heavy atom. The molecule has 0 spiro atoms. The number of carbonyl (C=O) groups excluding carboxylic acids is 1. The van der Waals surface area contributed by atoms with Gasteiger partial charge in [0, 0.05) is 11.6 Å². The molecule has 3 aromatic rings. The van der Waals surface area contributed by atoms with Crippen molar-refractivity contribution in [1.82, 2.24) is 4.90 Å². The van der Waals surface area contributed by atoms with E-state index in [0.717, 1.165) is 27.8 Å². The van der Waals surface area contributed by atoms with Gasteiger partial charge in [-0.3, -0.25) is 4.79 Å². The van der Waals surface area contributed by atoms with Gasteiger partial charge in [-0.2, -0.15) is 0 Å². The summed E-state index contributed by atoms with van der Waals surface area (Å²) in [6.07, 6.45) is 2.81. The number of Topliss-reactive ketones (excluding diaryl/α,β-unsaturated/α-hetero) is 1. The molecular formula is C29H33NO. The number of nitrogens with zero attached hydrogens (tertiary/aromatic N) is 1. The molecule has 0 bridgehead atoms. The van der Waals surface area contributed by atoms with Crippen LogP contribution in [0.15, 0.2) is 96.6 Å². The van der Waals surface area contributed by atoms with E-state index in [1.165, 1.54) is 0 Å². The summed E-state index contributed by atoms with van der Waals surface area (Å²) in [5.74, 6) is 0.155. The van der Waals surface area contributed by atoms with Crippen LogP contribution in [0.25, 0.3) is 11.1 Å². The topological polar surface area (TPSA) is 20.3 Å². The number of ketones is 1. The third-order valence-corrected chi connectivity index (χ3v) is 6.50. The summed E-state index contributed by atoms with van der Waals surface area (Å²) in [5, 5.41) is 0. The highest BCUT2D eigenvalue weighted by Crippen LogP contribution is 2.42. The van der Waals surface area contributed by atoms with Crippen LogP contribution < -0.4 is 0 Å². The Hall–Kier alpha value is -2.97. The fourth-order valence-electron chi connectivity index (χ4n) is 4.28. The lowest BCUT2D eigenvalue weighted by Gasteiger charge is -2.38. The van der Waals surface area contributed by atoms with Crippen molar-refractivity contribution in [3.63, 3.8) is 0 Å². The van der Waals surface area contributed by atoms with Crippen LogP contribution in [0.5, 0.6) is 0 Å². The first-order valence-corrected chi connectivity index (χ1v) is 11.0. The van der Waals surface area contributed by atoms with E-state index in [0.29, 0.717) is 6.42 Å². The molecule has 0 aromatic heterocycles. The monoisotopic (exact) mass is 411 g/mol. The molecule has 2 heteroatoms. The summed E-state index contributed by atoms with van der Waals surface area (Å²) in [7, 11) is 4.15. The number of hydrogen-bond acceptors (Lipinski definition) is 2. The average Bonchev–Trinajstić information content (AvgIpc) is 2.82. The van der Waals surface area contributed by atoms with Crippen LogP contribution in [-0.4, -0.2) is 30.8 Å². The molecule has 31 heavy (non-hydrogen) atoms. The van der Waals surface area contributed by atoms with E-state index in [2.05, 4.69) is 69.3 Å². The zero-order chi connectivity index (χ0) is 22.4. The van der Waals surface area contributed by atoms with Gasteiger partial charge in [0.25, 0.3) is 0 Å². The van der Waals surface area contributed by atoms with Crippen LogP contribution in [0, 0.1) is 0 Å². The third-order valence-electron chi connectivity index (χ3n) is 6.50. The van der Waals surface area contributed by atoms with Gasteiger partial charge < -0.3 is 4.90 Å². The zero-order valence-corrected chi connectivity index (χ0v) is 19.3. The van der Waals surface area contributed by atoms with E-state index >= 15 is 0 Å². The molecule has 0 radical (unpaired) electrons. The first-order valence-electron chi connectivity index (χ1n) is 11.0. The van der Waals surface area contributed by atoms with Crippen LogP contribution in [0.1, 0.15) is 43.1 Å². The Balaban J connectivity index is 2.27. The normalized spacial score (nSPS) is 14.8. The van der Waals surface area contributed by atoms with Gasteiger partial charge in [0.1, 0.15) is 0 Å². The van der Waals surface area contributed by atoms with Crippen molar-refractivity contribution in [2.45, 2.75) is 38.6 Å². The van der Waals surface area contributed by atoms with Crippen molar-refractivity contribution >= 4 is 5.78 Å². The van der Waals surface area contributed by atoms with E-state index in [4.69, 9.17) is 0 Å². The Morgan fingerprint density at radius 2 is 1.45 bits per heavy atom. The van der Waals surface area contributed by atoms with Crippen LogP contribution in [0.2, 0.25) is 0 Å². The molecule has 2 nitrogen and oxygen atoms in total. The van der Waals surface area contributed by atoms with E-state index < -0.39 is 5.41 Å². The predicted molar refractivity (Wildman–Crippen MR) is 132 cm³/mol. The second kappa shape index (κ2) is 9.89. The lowest BCUT2D eigenvalue weighted by molar-refractivity contribution is 0.0879. The maximum atomic E-state index is 14.6. The summed E-state index contributed by atoms with van der Waals surface area (Å²) in [5.41, 5.74) is 4.21. The smallest absolute Gasteiger partial charge is 0.178 e. The van der Waals surface area contributed by atoms with Crippen molar-refractivity contribution in [2.24, 2.45) is 0 Å². The molecule has 0 fully saturated rings. The van der Waals surface area contributed by atoms with E-state index in [1.54, 1.807) is 0 Å². The molecule has 0 aliphatic heterocycles. The minimum Gasteiger partial charge on any atom is -0.307 e. The summed E-state index contributed by atoms with van der Waals surface area (Å²) < 4.78 is 0. The minimum absolute atomic E-state index is 0.155. The number of hydrogen-bond donors (Lipinski definition) is 0. The second-order valence-electron chi connectivity index (χ2n) is 8.50. The first kappa shape index (κ1) is 22.7. The van der Waals surface area contributed by atoms with Gasteiger partial charge in [-0.1, -0.05) is 96.6 Å². The van der Waals surface area contributed by atoms with Crippen LogP contribution >= 0.6 is 0 Å². The molecule has 0 saturated heterocycles. The number of allylic oxidation sites excluding steroid dienone is 2. The Kier molecular flexibility index (Phi) is 7.25. The Morgan fingerprint density at radius 1 is 0.903 bits per heavy atom. The SMILES string of the molecule is C/C=C(\C)[C@@](C[C@H](C)N(C)C)(C(=O)c1ccccc1-c1ccccc1)c1ccccc1. The minimum atomic E-state index is -0.732. The maximum Gasteiger partial charge on any atom is 0.178 e. The summed E-state index contributed by atoms with van der Waals surface area (Å²) in [6.45, 7) is 6.32. The molecule has 0 heterocycles. The second-order valence-corrected chi connectivity index (χ2v) is 8.50. The number of carbonyl (C=O) groups is 1. The lowest BCUT2D eigenvalue weighted by atomic mass is 9.65. The fraction of sp³-hybridized carbons (Fsp3) is 0.276. The maximum absolute atomic E-state index is 14.6. The van der Waals surface area contributed by atoms with E-state index in [-0.39, 0.29) is 11.8 Å². The van der Waals surface area contributed by atoms with Gasteiger partial charge in [-0.25, -0.2) is 0 Å². The van der Waals surface area contributed by atoms with Crippen LogP contribution in [0.4, 0.5) is 0 Å². The van der Waals surface area contributed by atoms with Crippen molar-refractivity contribution in [3.8, 4) is 11.1 Å². The molecule has 0 aliphatic rings. The summed E-state index contributed by atoms with van der Waals surface area (Å²) in [6, 6.07) is 28.7. The highest BCUT2D eigenvalue weighted by Gasteiger charge is 2.43. The number of benzene rings is 3. The molecule has 0 N–H and O–H groups in total. The van der Waals surface area contributed by atoms with Crippen molar-refractivity contribution in [1.29, 1.82) is 0 Å². The van der Waals surface area contributed by atoms with Gasteiger partial charge in [0.05, 0.1) is 5.41 Å². The van der Waals surface area contributed by atoms with Crippen LogP contribution in [0.3, 0.4) is 0 Å². The molecule has 0 aliphatic carbocycles. The van der Waals surface area contributed by atoms with E-state index in [1.807, 2.05) is 61.5 Å². The van der Waals surface area contributed by atoms with Gasteiger partial charge in [-0.05, 0) is 58.0 Å². The highest BCUT2D eigenvalue weighted by molar-refractivity contribution is 6.10. The Labute approximate surface area is 187 Å². The zero-order valence-electron chi connectivity index (χ0n) is 19.3. The third kappa shape index (κ3) is 4.55. The quantitative estimate of drug-likeness (QED) is 0.301. The first-order chi connectivity index (χ1) is 14.9. The molecule has 2 atom stereocenters. The van der Waals surface area contributed by atoms with Gasteiger partial charge in [0.15, 0.2) is 5.78 Å². The van der Waals surface area contributed by atoms with Crippen LogP contribution in [-0.2, 0) is 5.41 Å². The summed E-state index contributed by atoms with van der Waals surface area (Å²) in [4.78, 5) is 16.8. The Bertz CT molecular complexity index is 1040. The van der Waals surface area contributed by atoms with Gasteiger partial charge in [-0.15, -0.1) is 0 Å². The molecular weight excluding hydrogens is 378 g/mol. The predicted octanol–water partition coefficient (Wildman–Crippen LogP) is 6.78. The summed E-state index contributed by atoms with van der Waals surface area (Å²) >= 11 is 0. The molecule has 160 valence electrons. The van der Waals surface area contributed by atoms with E-state index in [9.17, 15) is 4.79 Å². The number of rotatable bonds is 8. The van der Waals surface area contributed by atoms with Gasteiger partial charge >= 0.3 is 0 Å². The van der Waals surface area contributed by atoms with Crippen molar-refractivity contribution in [2.75, 3.05) is 14.1 Å². The molecule has 3 rings (SSSR count). The highest BCUT2D eigenvalue weighted by atomic mass is 16.1. The lowest BCUT2D eigenvalue weighted by Crippen LogP contribution is -2.43. The standard InChI is InChI=1S/C29H33NO/c1-6-22(2)29(21-23(3)30(4)5,25-17-11-8-12-18-25)28(31)27-20-14-13-19-26(27)24-15-9-7-10-16-24/h6-20,23H,21H2,1-5H3/b22-6+/t23-,29+/m0/s1. The fourth-order valence-corrected chi connectivity index (χ4v) is 4.28. The van der Waals surface area contributed by atoms with Gasteiger partial charge in [0.2, 0.25) is 0 Å². The largest absolute Gasteiger partial charge is 0.307 e. The molecule has 0 amide bonds. The van der Waals surface area contributed by atoms with Crippen molar-refractivity contribution in [3.05, 3.63) is 108 Å². The molecule has 0 saturated carbocycles. The van der Waals surface area contributed by atoms with Crippen molar-refractivity contribution < 1.29 is 4.79 Å². The molecule has 0 unspecified atom stereocenters. The average molecular weight is 412 g/mol.